The minimum atomic E-state index is -4.13. The number of esters is 3. The highest BCUT2D eigenvalue weighted by atomic mass is 32.2. The molecule has 0 saturated heterocycles. The number of ketones is 3. The highest BCUT2D eigenvalue weighted by molar-refractivity contribution is 7.86. The highest BCUT2D eigenvalue weighted by Gasteiger charge is 2.31. The molecule has 0 bridgehead atoms. The summed E-state index contributed by atoms with van der Waals surface area (Å²) in [6, 6.07) is 0. The molecule has 0 rings (SSSR count). The second kappa shape index (κ2) is 69.0. The predicted molar refractivity (Wildman–Crippen MR) is 425 cm³/mol. The summed E-state index contributed by atoms with van der Waals surface area (Å²) in [6.07, 6.45) is 2.28. The van der Waals surface area contributed by atoms with Gasteiger partial charge in [0.15, 0.2) is 17.3 Å². The van der Waals surface area contributed by atoms with Gasteiger partial charge in [-0.3, -0.25) is 60.9 Å². The van der Waals surface area contributed by atoms with Gasteiger partial charge in [0.1, 0.15) is 31.3 Å². The Morgan fingerprint density at radius 1 is 0.427 bits per heavy atom. The van der Waals surface area contributed by atoms with Crippen LogP contribution < -0.4 is 0 Å². The molecule has 3 atom stereocenters. The van der Waals surface area contributed by atoms with Gasteiger partial charge in [0.25, 0.3) is 30.4 Å². The van der Waals surface area contributed by atoms with E-state index in [0.29, 0.717) is 23.3 Å². The van der Waals surface area contributed by atoms with Crippen LogP contribution in [0.15, 0.2) is 125 Å². The third-order valence-corrected chi connectivity index (χ3v) is 16.6. The molecule has 0 radical (unpaired) electrons. The molecule has 0 aliphatic rings. The smallest absolute Gasteiger partial charge is 0.331 e. The van der Waals surface area contributed by atoms with Gasteiger partial charge >= 0.3 is 70.5 Å². The number of Topliss-reactive ketones (excluding diaryl/α,β-unsaturated/α-hetero) is 3. The number of hydrogen-bond acceptors (Lipinski definition) is 29. The quantitative estimate of drug-likeness (QED) is 0.00773. The molecular weight excluding hydrogens is 1690 g/mol. The maximum atomic E-state index is 11.3. The van der Waals surface area contributed by atoms with E-state index in [-0.39, 0.29) is 120 Å². The van der Waals surface area contributed by atoms with Gasteiger partial charge in [-0.05, 0) is 53.7 Å². The van der Waals surface area contributed by atoms with Crippen LogP contribution in [0.2, 0.25) is 0 Å². The largest absolute Gasteiger partial charge is 0.481 e. The molecule has 3 unspecified atom stereocenters. The van der Waals surface area contributed by atoms with Crippen molar-refractivity contribution >= 4 is 118 Å². The van der Waals surface area contributed by atoms with Crippen molar-refractivity contribution in [1.29, 1.82) is 0 Å². The van der Waals surface area contributed by atoms with E-state index in [2.05, 4.69) is 80.0 Å². The zero-order valence-electron chi connectivity index (χ0n) is 66.6. The topological polar surface area (TPSA) is 741 Å². The number of hydrogen-bond donors (Lipinski definition) is 17. The Labute approximate surface area is 680 Å². The molecule has 0 fully saturated rings. The fourth-order valence-corrected chi connectivity index (χ4v) is 10.5. The van der Waals surface area contributed by atoms with Crippen molar-refractivity contribution in [2.24, 2.45) is 16.2 Å². The Hall–Kier alpha value is -7.89. The lowest BCUT2D eigenvalue weighted by molar-refractivity contribution is -0.143. The van der Waals surface area contributed by atoms with Crippen LogP contribution in [0.1, 0.15) is 107 Å². The molecule has 680 valence electrons. The summed E-state index contributed by atoms with van der Waals surface area (Å²) >= 11 is 0. The van der Waals surface area contributed by atoms with Gasteiger partial charge in [-0.1, -0.05) is 106 Å². The average Bonchev–Trinajstić information content (AvgIpc) is 0.873. The molecule has 117 heavy (non-hydrogen) atoms. The standard InChI is InChI=1S/C10H16O3.C9H17O4P.C9H16O4S.C7H12O4.C6H13O5P.C6H12O5S.C6H8O4.C5H9O5P.C5H8O5S.C5H6O4/c1-7(2)8(11)5-10(3,4)6-9(12)13;2*1-7(2)8(10)5-9(3,4)6-14(11,12)13;1-2-3-11-5-6(8)4-7(9)10;2*1-2-3-11-4-6(7)5-12(8,9)10;1-2-6(9)10-4-3-5(7)8;2*1-2-5(6)10-3-4-11(7,8)9;1-3(5(8)9)2-4(6)7/h1,5-6H2,2-4H3,(H,12,13);1,5-6H2,2-4H3,(H2,11,12,13);1,5-6H2,2-4H3,(H,11,12,13);2,6,8H,1,3-5H2,(H,9,10);2,6-7H,1,3-5H2,(H2,8,9,10);2,6-7H,1,3-5H2,(H,8,9,10);2H,1,3-4H2,(H,7,8);2H,1,3-4H2,(H2,7,8,9);2H,1,3-4H2,(H,7,8,9);1-2H2,(H,6,7)(H,8,9). The van der Waals surface area contributed by atoms with Gasteiger partial charge in [0.05, 0.1) is 108 Å². The zero-order valence-corrected chi connectivity index (χ0v) is 71.7. The van der Waals surface area contributed by atoms with Crippen LogP contribution in [0.5, 0.6) is 0 Å². The van der Waals surface area contributed by atoms with Crippen LogP contribution in [-0.4, -0.2) is 288 Å². The molecule has 0 aliphatic heterocycles. The number of carboxylic acids is 5. The number of aliphatic hydroxyl groups excluding tert-OH is 3. The van der Waals surface area contributed by atoms with Crippen molar-refractivity contribution < 1.29 is 204 Å². The number of aliphatic carboxylic acids is 5. The molecule has 0 heterocycles. The van der Waals surface area contributed by atoms with Crippen molar-refractivity contribution in [3.05, 3.63) is 125 Å². The summed E-state index contributed by atoms with van der Waals surface area (Å²) in [5.74, 6) is -9.44. The van der Waals surface area contributed by atoms with Gasteiger partial charge < -0.3 is 98.6 Å². The monoisotopic (exact) mass is 1810 g/mol. The third kappa shape index (κ3) is 124. The lowest BCUT2D eigenvalue weighted by Crippen LogP contribution is -2.26. The normalized spacial score (nSPS) is 11.7. The van der Waals surface area contributed by atoms with Crippen molar-refractivity contribution in [2.45, 2.75) is 126 Å². The van der Waals surface area contributed by atoms with E-state index in [0.717, 1.165) is 18.2 Å². The van der Waals surface area contributed by atoms with Crippen LogP contribution in [0.4, 0.5) is 0 Å². The summed E-state index contributed by atoms with van der Waals surface area (Å²) in [7, 11) is -24.4. The Balaban J connectivity index is -0.000000136. The van der Waals surface area contributed by atoms with Gasteiger partial charge in [0, 0.05) is 43.1 Å². The maximum Gasteiger partial charge on any atom is 0.331 e. The Morgan fingerprint density at radius 3 is 1.05 bits per heavy atom. The summed E-state index contributed by atoms with van der Waals surface area (Å²) in [5.41, 5.74) is -0.932. The van der Waals surface area contributed by atoms with Crippen LogP contribution in [0.3, 0.4) is 0 Å². The first-order valence-corrected chi connectivity index (χ1v) is 43.0. The molecule has 0 aromatic heterocycles. The van der Waals surface area contributed by atoms with Gasteiger partial charge in [-0.15, -0.1) is 19.7 Å². The second-order valence-corrected chi connectivity index (χ2v) is 35.4. The molecule has 43 nitrogen and oxygen atoms in total. The van der Waals surface area contributed by atoms with Gasteiger partial charge in [-0.2, -0.15) is 25.3 Å². The molecular formula is C68H117O43P3S3. The van der Waals surface area contributed by atoms with E-state index in [1.807, 2.05) is 0 Å². The number of aliphatic hydroxyl groups is 3. The van der Waals surface area contributed by atoms with E-state index in [1.165, 1.54) is 18.2 Å². The Kier molecular flexibility index (Phi) is 76.5. The summed E-state index contributed by atoms with van der Waals surface area (Å²) in [4.78, 5) is 166. The van der Waals surface area contributed by atoms with E-state index in [1.54, 1.807) is 62.3 Å². The van der Waals surface area contributed by atoms with Crippen LogP contribution in [0.25, 0.3) is 0 Å². The van der Waals surface area contributed by atoms with Crippen molar-refractivity contribution in [3.63, 3.8) is 0 Å². The van der Waals surface area contributed by atoms with Crippen LogP contribution in [0, 0.1) is 16.2 Å². The lowest BCUT2D eigenvalue weighted by Gasteiger charge is -2.23. The SMILES string of the molecule is C=C(C)C(=O)CC(C)(C)CC(=O)O.C=C(C)C(=O)CC(C)(C)CP(=O)(O)O.C=C(C)C(=O)CC(C)(C)CS(=O)(=O)O.C=C(CC(=O)O)C(=O)O.C=CC(=O)OCCC(=O)O.C=CC(=O)OCCP(=O)(O)O.C=CC(=O)OCCS(=O)(=O)O.C=CCOCC(O)CC(=O)O.C=CCOCC(O)CP(=O)(O)O.C=CCOCC(O)CS(=O)(=O)O. The highest BCUT2D eigenvalue weighted by Crippen LogP contribution is 2.43. The molecule has 17 N–H and O–H groups in total. The summed E-state index contributed by atoms with van der Waals surface area (Å²) in [6.45, 7) is 47.8. The minimum Gasteiger partial charge on any atom is -0.481 e. The number of carbonyl (C=O) groups excluding carboxylic acids is 6. The molecule has 49 heteroatoms. The van der Waals surface area contributed by atoms with E-state index < -0.39 is 171 Å². The first-order chi connectivity index (χ1) is 52.5. The zero-order chi connectivity index (χ0) is 94.9. The molecule has 0 aromatic rings. The van der Waals surface area contributed by atoms with E-state index in [9.17, 15) is 91.7 Å². The third-order valence-electron chi connectivity index (χ3n) is 11.0. The Bertz CT molecular complexity index is 3710. The lowest BCUT2D eigenvalue weighted by atomic mass is 9.83. The number of allylic oxidation sites excluding steroid dienone is 3. The summed E-state index contributed by atoms with van der Waals surface area (Å²) < 4.78 is 145. The molecule has 0 saturated carbocycles. The number of rotatable bonds is 48. The first-order valence-electron chi connectivity index (χ1n) is 32.8. The molecule has 0 aromatic carbocycles. The minimum absolute atomic E-state index is 0.00597. The van der Waals surface area contributed by atoms with Crippen LogP contribution >= 0.6 is 22.8 Å². The average molecular weight is 1810 g/mol. The second-order valence-electron chi connectivity index (χ2n) is 25.8. The fourth-order valence-electron chi connectivity index (χ4n) is 6.31. The molecule has 0 spiro atoms. The van der Waals surface area contributed by atoms with Crippen molar-refractivity contribution in [1.82, 2.24) is 0 Å². The maximum absolute atomic E-state index is 11.3. The van der Waals surface area contributed by atoms with Crippen molar-refractivity contribution in [3.8, 4) is 0 Å². The Morgan fingerprint density at radius 2 is 0.778 bits per heavy atom. The van der Waals surface area contributed by atoms with Crippen molar-refractivity contribution in [2.75, 3.05) is 95.2 Å². The first kappa shape index (κ1) is 130. The summed E-state index contributed by atoms with van der Waals surface area (Å²) in [5, 5.41) is 67.7. The molecule has 0 aliphatic carbocycles. The fraction of sp³-hybridized carbons (Fsp3) is 0.544. The number of ether oxygens (including phenoxy) is 6. The number of carboxylic acid groups (broad SMARTS) is 5. The van der Waals surface area contributed by atoms with Gasteiger partial charge in [-0.25, -0.2) is 19.2 Å². The number of carbonyl (C=O) groups is 11. The van der Waals surface area contributed by atoms with Gasteiger partial charge in [0.2, 0.25) is 0 Å². The van der Waals surface area contributed by atoms with E-state index in [4.69, 9.17) is 98.1 Å². The molecule has 0 amide bonds. The van der Waals surface area contributed by atoms with E-state index >= 15 is 0 Å². The van der Waals surface area contributed by atoms with Crippen LogP contribution in [-0.2, 0) is 125 Å². The predicted octanol–water partition coefficient (Wildman–Crippen LogP) is 4.16.